The molecular formula is C18H30N4O2. The Kier molecular flexibility index (Phi) is 8.68. The second-order valence-electron chi connectivity index (χ2n) is 5.78. The highest BCUT2D eigenvalue weighted by Gasteiger charge is 2.04. The summed E-state index contributed by atoms with van der Waals surface area (Å²) in [5.74, 6) is 1.74. The maximum Gasteiger partial charge on any atom is 0.223 e. The minimum absolute atomic E-state index is 0.0846. The van der Waals surface area contributed by atoms with Gasteiger partial charge in [0, 0.05) is 33.6 Å². The van der Waals surface area contributed by atoms with Crippen LogP contribution in [0.3, 0.4) is 0 Å². The zero-order chi connectivity index (χ0) is 17.9. The van der Waals surface area contributed by atoms with E-state index in [-0.39, 0.29) is 5.91 Å². The largest absolute Gasteiger partial charge is 0.496 e. The Labute approximate surface area is 145 Å². The normalized spacial score (nSPS) is 11.1. The van der Waals surface area contributed by atoms with Crippen LogP contribution >= 0.6 is 0 Å². The Morgan fingerprint density at radius 2 is 2.04 bits per heavy atom. The number of aryl methyl sites for hydroxylation is 1. The number of amides is 1. The third-order valence-electron chi connectivity index (χ3n) is 3.62. The van der Waals surface area contributed by atoms with Gasteiger partial charge in [-0.1, -0.05) is 12.1 Å². The van der Waals surface area contributed by atoms with Gasteiger partial charge in [-0.15, -0.1) is 0 Å². The van der Waals surface area contributed by atoms with E-state index in [2.05, 4.69) is 33.8 Å². The van der Waals surface area contributed by atoms with Gasteiger partial charge in [-0.2, -0.15) is 0 Å². The zero-order valence-electron chi connectivity index (χ0n) is 15.5. The van der Waals surface area contributed by atoms with Crippen LogP contribution < -0.4 is 15.4 Å². The van der Waals surface area contributed by atoms with E-state index in [9.17, 15) is 4.79 Å². The first kappa shape index (κ1) is 19.8. The quantitative estimate of drug-likeness (QED) is 0.560. The molecule has 134 valence electrons. The third-order valence-corrected chi connectivity index (χ3v) is 3.62. The maximum absolute atomic E-state index is 11.6. The lowest BCUT2D eigenvalue weighted by molar-refractivity contribution is -0.128. The van der Waals surface area contributed by atoms with Crippen LogP contribution in [-0.4, -0.2) is 57.6 Å². The summed E-state index contributed by atoms with van der Waals surface area (Å²) in [7, 11) is 5.20. The molecule has 0 aliphatic rings. The van der Waals surface area contributed by atoms with Crippen molar-refractivity contribution in [3.8, 4) is 5.75 Å². The van der Waals surface area contributed by atoms with E-state index < -0.39 is 0 Å². The average Bonchev–Trinajstić information content (AvgIpc) is 2.56. The van der Waals surface area contributed by atoms with Gasteiger partial charge in [0.05, 0.1) is 13.7 Å². The van der Waals surface area contributed by atoms with E-state index in [4.69, 9.17) is 4.74 Å². The Bertz CT molecular complexity index is 556. The average molecular weight is 334 g/mol. The molecule has 0 atom stereocenters. The van der Waals surface area contributed by atoms with E-state index >= 15 is 0 Å². The highest BCUT2D eigenvalue weighted by atomic mass is 16.5. The molecule has 1 aromatic carbocycles. The minimum Gasteiger partial charge on any atom is -0.496 e. The summed E-state index contributed by atoms with van der Waals surface area (Å²) >= 11 is 0. The summed E-state index contributed by atoms with van der Waals surface area (Å²) in [5, 5.41) is 6.49. The Hall–Kier alpha value is -2.24. The van der Waals surface area contributed by atoms with Gasteiger partial charge < -0.3 is 20.3 Å². The van der Waals surface area contributed by atoms with Crippen molar-refractivity contribution in [3.63, 3.8) is 0 Å². The number of guanidine groups is 1. The first-order valence-corrected chi connectivity index (χ1v) is 8.33. The zero-order valence-corrected chi connectivity index (χ0v) is 15.5. The van der Waals surface area contributed by atoms with Crippen LogP contribution in [0.5, 0.6) is 5.75 Å². The van der Waals surface area contributed by atoms with E-state index in [0.29, 0.717) is 13.0 Å². The number of methoxy groups -OCH3 is 1. The molecule has 6 nitrogen and oxygen atoms in total. The summed E-state index contributed by atoms with van der Waals surface area (Å²) in [4.78, 5) is 17.6. The Balaban J connectivity index is 2.49. The van der Waals surface area contributed by atoms with Crippen LogP contribution in [-0.2, 0) is 11.2 Å². The van der Waals surface area contributed by atoms with Crippen molar-refractivity contribution in [2.75, 3.05) is 40.8 Å². The molecule has 0 spiro atoms. The lowest BCUT2D eigenvalue weighted by atomic mass is 10.1. The molecule has 24 heavy (non-hydrogen) atoms. The van der Waals surface area contributed by atoms with Crippen LogP contribution in [0.1, 0.15) is 24.5 Å². The molecule has 0 heterocycles. The summed E-state index contributed by atoms with van der Waals surface area (Å²) in [6, 6.07) is 6.25. The number of ether oxygens (including phenoxy) is 1. The van der Waals surface area contributed by atoms with Gasteiger partial charge in [-0.05, 0) is 37.5 Å². The third kappa shape index (κ3) is 6.89. The summed E-state index contributed by atoms with van der Waals surface area (Å²) in [6.45, 7) is 6.08. The maximum atomic E-state index is 11.6. The van der Waals surface area contributed by atoms with E-state index in [0.717, 1.165) is 36.8 Å². The van der Waals surface area contributed by atoms with Gasteiger partial charge in [-0.3, -0.25) is 9.79 Å². The number of nitrogens with zero attached hydrogens (tertiary/aromatic N) is 2. The number of carbonyl (C=O) groups is 1. The number of benzene rings is 1. The first-order valence-electron chi connectivity index (χ1n) is 8.33. The van der Waals surface area contributed by atoms with Gasteiger partial charge in [0.1, 0.15) is 5.75 Å². The number of rotatable bonds is 8. The molecule has 2 N–H and O–H groups in total. The van der Waals surface area contributed by atoms with Gasteiger partial charge in [0.2, 0.25) is 5.91 Å². The van der Waals surface area contributed by atoms with Crippen molar-refractivity contribution in [2.24, 2.45) is 4.99 Å². The predicted molar refractivity (Wildman–Crippen MR) is 98.7 cm³/mol. The van der Waals surface area contributed by atoms with Gasteiger partial charge in [0.15, 0.2) is 5.96 Å². The fraction of sp³-hybridized carbons (Fsp3) is 0.556. The molecule has 1 aromatic rings. The second kappa shape index (κ2) is 10.5. The molecule has 6 heteroatoms. The molecule has 0 aliphatic heterocycles. The summed E-state index contributed by atoms with van der Waals surface area (Å²) < 4.78 is 5.35. The van der Waals surface area contributed by atoms with Crippen molar-refractivity contribution < 1.29 is 9.53 Å². The number of carbonyl (C=O) groups excluding carboxylic acids is 1. The van der Waals surface area contributed by atoms with Crippen LogP contribution in [0.4, 0.5) is 0 Å². The van der Waals surface area contributed by atoms with Gasteiger partial charge in [0.25, 0.3) is 0 Å². The topological polar surface area (TPSA) is 66.0 Å². The standard InChI is InChI=1S/C18H30N4O2/c1-6-19-18(21-12-10-17(23)22(3)4)20-11-9-15-8-7-14(2)16(13-15)24-5/h7-8,13H,6,9-12H2,1-5H3,(H2,19,20,21). The molecule has 1 rings (SSSR count). The fourth-order valence-corrected chi connectivity index (χ4v) is 2.17. The van der Waals surface area contributed by atoms with E-state index in [1.807, 2.05) is 13.8 Å². The molecule has 0 saturated carbocycles. The highest BCUT2D eigenvalue weighted by Crippen LogP contribution is 2.18. The van der Waals surface area contributed by atoms with Gasteiger partial charge >= 0.3 is 0 Å². The second-order valence-corrected chi connectivity index (χ2v) is 5.78. The predicted octanol–water partition coefficient (Wildman–Crippen LogP) is 1.58. The monoisotopic (exact) mass is 334 g/mol. The molecule has 0 unspecified atom stereocenters. The smallest absolute Gasteiger partial charge is 0.223 e. The molecule has 0 fully saturated rings. The number of hydrogen-bond donors (Lipinski definition) is 2. The van der Waals surface area contributed by atoms with E-state index in [1.165, 1.54) is 5.56 Å². The number of hydrogen-bond acceptors (Lipinski definition) is 3. The van der Waals surface area contributed by atoms with E-state index in [1.54, 1.807) is 26.1 Å². The lowest BCUT2D eigenvalue weighted by Crippen LogP contribution is -2.38. The van der Waals surface area contributed by atoms with Crippen LogP contribution in [0.2, 0.25) is 0 Å². The Morgan fingerprint density at radius 1 is 1.29 bits per heavy atom. The van der Waals surface area contributed by atoms with Crippen molar-refractivity contribution in [2.45, 2.75) is 26.7 Å². The number of aliphatic imine (C=N–C) groups is 1. The number of nitrogens with one attached hydrogen (secondary N) is 2. The molecule has 0 aliphatic carbocycles. The molecule has 0 aromatic heterocycles. The highest BCUT2D eigenvalue weighted by molar-refractivity contribution is 5.80. The van der Waals surface area contributed by atoms with Crippen LogP contribution in [0.25, 0.3) is 0 Å². The molecular weight excluding hydrogens is 304 g/mol. The van der Waals surface area contributed by atoms with Crippen molar-refractivity contribution in [1.29, 1.82) is 0 Å². The molecule has 0 bridgehead atoms. The van der Waals surface area contributed by atoms with Crippen molar-refractivity contribution in [3.05, 3.63) is 29.3 Å². The molecule has 0 radical (unpaired) electrons. The van der Waals surface area contributed by atoms with Crippen LogP contribution in [0, 0.1) is 6.92 Å². The minimum atomic E-state index is 0.0846. The SMILES string of the molecule is CCNC(=NCCC(=O)N(C)C)NCCc1ccc(C)c(OC)c1. The van der Waals surface area contributed by atoms with Crippen LogP contribution in [0.15, 0.2) is 23.2 Å². The fourth-order valence-electron chi connectivity index (χ4n) is 2.17. The first-order chi connectivity index (χ1) is 11.5. The summed E-state index contributed by atoms with van der Waals surface area (Å²) in [5.41, 5.74) is 2.35. The van der Waals surface area contributed by atoms with Crippen molar-refractivity contribution in [1.82, 2.24) is 15.5 Å². The van der Waals surface area contributed by atoms with Gasteiger partial charge in [-0.25, -0.2) is 0 Å². The molecule has 0 saturated heterocycles. The van der Waals surface area contributed by atoms with Crippen molar-refractivity contribution >= 4 is 11.9 Å². The molecule has 1 amide bonds. The lowest BCUT2D eigenvalue weighted by Gasteiger charge is -2.13. The Morgan fingerprint density at radius 3 is 2.67 bits per heavy atom. The summed E-state index contributed by atoms with van der Waals surface area (Å²) in [6.07, 6.45) is 1.29.